The first-order chi connectivity index (χ1) is 16.0. The second-order valence-electron chi connectivity index (χ2n) is 9.16. The highest BCUT2D eigenvalue weighted by Gasteiger charge is 2.28. The topological polar surface area (TPSA) is 112 Å². The molecule has 0 unspecified atom stereocenters. The zero-order chi connectivity index (χ0) is 22.9. The molecule has 33 heavy (non-hydrogen) atoms. The summed E-state index contributed by atoms with van der Waals surface area (Å²) >= 11 is 0. The van der Waals surface area contributed by atoms with E-state index in [2.05, 4.69) is 43.2 Å². The van der Waals surface area contributed by atoms with Gasteiger partial charge in [0.25, 0.3) is 5.91 Å². The molecule has 3 N–H and O–H groups in total. The number of hydrogen-bond donors (Lipinski definition) is 3. The lowest BCUT2D eigenvalue weighted by atomic mass is 9.93. The third kappa shape index (κ3) is 4.35. The molecule has 9 nitrogen and oxygen atoms in total. The number of carboxylic acid groups (broad SMARTS) is 1. The Balaban J connectivity index is 1.38. The Morgan fingerprint density at radius 1 is 1.15 bits per heavy atom. The Bertz CT molecular complexity index is 1190. The molecular formula is C24H28N6O3. The molecule has 4 heterocycles. The molecule has 0 spiro atoms. The minimum absolute atomic E-state index is 0.175. The lowest BCUT2D eigenvalue weighted by Crippen LogP contribution is -2.50. The molecule has 5 rings (SSSR count). The number of aromatic nitrogens is 3. The van der Waals surface area contributed by atoms with Gasteiger partial charge in [-0.1, -0.05) is 6.92 Å². The lowest BCUT2D eigenvalue weighted by Gasteiger charge is -2.38. The largest absolute Gasteiger partial charge is 0.465 e. The van der Waals surface area contributed by atoms with Gasteiger partial charge in [0.2, 0.25) is 0 Å². The van der Waals surface area contributed by atoms with Crippen LogP contribution in [0.5, 0.6) is 0 Å². The van der Waals surface area contributed by atoms with Crippen LogP contribution in [0.3, 0.4) is 0 Å². The maximum atomic E-state index is 13.1. The van der Waals surface area contributed by atoms with Crippen LogP contribution in [0.2, 0.25) is 0 Å². The highest BCUT2D eigenvalue weighted by atomic mass is 16.4. The van der Waals surface area contributed by atoms with E-state index in [1.807, 2.05) is 18.2 Å². The Morgan fingerprint density at radius 2 is 2.00 bits per heavy atom. The smallest absolute Gasteiger partial charge is 0.404 e. The van der Waals surface area contributed by atoms with Crippen molar-refractivity contribution in [3.8, 4) is 0 Å². The van der Waals surface area contributed by atoms with Gasteiger partial charge >= 0.3 is 6.09 Å². The van der Waals surface area contributed by atoms with Gasteiger partial charge in [0.1, 0.15) is 11.3 Å². The van der Waals surface area contributed by atoms with E-state index in [1.54, 1.807) is 18.5 Å². The molecule has 3 aromatic heterocycles. The number of nitrogens with one attached hydrogen (secondary N) is 2. The summed E-state index contributed by atoms with van der Waals surface area (Å²) in [7, 11) is 0. The maximum Gasteiger partial charge on any atom is 0.404 e. The van der Waals surface area contributed by atoms with Crippen LogP contribution in [0.4, 0.5) is 16.2 Å². The molecule has 2 atom stereocenters. The van der Waals surface area contributed by atoms with Gasteiger partial charge in [-0.05, 0) is 55.9 Å². The van der Waals surface area contributed by atoms with Gasteiger partial charge in [-0.3, -0.25) is 9.78 Å². The van der Waals surface area contributed by atoms with E-state index in [9.17, 15) is 9.59 Å². The van der Waals surface area contributed by atoms with E-state index in [-0.39, 0.29) is 11.9 Å². The molecule has 3 aromatic rings. The van der Waals surface area contributed by atoms with E-state index >= 15 is 0 Å². The second kappa shape index (κ2) is 8.73. The molecule has 2 aliphatic rings. The van der Waals surface area contributed by atoms with Gasteiger partial charge in [-0.2, -0.15) is 0 Å². The molecule has 0 radical (unpaired) electrons. The molecule has 9 heteroatoms. The van der Waals surface area contributed by atoms with Crippen molar-refractivity contribution >= 4 is 34.4 Å². The summed E-state index contributed by atoms with van der Waals surface area (Å²) < 4.78 is 2.18. The quantitative estimate of drug-likeness (QED) is 0.546. The molecular weight excluding hydrogens is 420 g/mol. The molecule has 2 fully saturated rings. The monoisotopic (exact) mass is 448 g/mol. The van der Waals surface area contributed by atoms with Gasteiger partial charge in [0, 0.05) is 43.0 Å². The van der Waals surface area contributed by atoms with Crippen LogP contribution >= 0.6 is 0 Å². The van der Waals surface area contributed by atoms with Crippen molar-refractivity contribution in [1.29, 1.82) is 0 Å². The first-order valence-corrected chi connectivity index (χ1v) is 11.5. The Morgan fingerprint density at radius 3 is 2.76 bits per heavy atom. The Kier molecular flexibility index (Phi) is 5.62. The minimum atomic E-state index is -1.02. The number of nitrogens with zero attached hydrogens (tertiary/aromatic N) is 4. The Hall–Kier alpha value is -3.62. The predicted octanol–water partition coefficient (Wildman–Crippen LogP) is 3.89. The summed E-state index contributed by atoms with van der Waals surface area (Å²) in [6.45, 7) is 3.39. The van der Waals surface area contributed by atoms with Crippen LogP contribution < -0.4 is 15.5 Å². The van der Waals surface area contributed by atoms with Gasteiger partial charge < -0.3 is 25.2 Å². The summed E-state index contributed by atoms with van der Waals surface area (Å²) in [6, 6.07) is 7.86. The highest BCUT2D eigenvalue weighted by molar-refractivity contribution is 6.05. The van der Waals surface area contributed by atoms with Crippen LogP contribution in [-0.2, 0) is 0 Å². The Labute approximate surface area is 191 Å². The van der Waals surface area contributed by atoms with Crippen molar-refractivity contribution in [2.75, 3.05) is 23.3 Å². The molecule has 0 aromatic carbocycles. The van der Waals surface area contributed by atoms with Gasteiger partial charge in [0.05, 0.1) is 17.6 Å². The number of fused-ring (bicyclic) bond motifs is 1. The highest BCUT2D eigenvalue weighted by Crippen LogP contribution is 2.34. The molecule has 1 saturated heterocycles. The summed E-state index contributed by atoms with van der Waals surface area (Å²) in [5, 5.41) is 15.7. The zero-order valence-electron chi connectivity index (χ0n) is 18.6. The molecule has 1 aliphatic heterocycles. The predicted molar refractivity (Wildman–Crippen MR) is 126 cm³/mol. The number of anilines is 2. The summed E-state index contributed by atoms with van der Waals surface area (Å²) in [5.41, 5.74) is 2.60. The number of carbonyl (C=O) groups excluding carboxylic acids is 1. The van der Waals surface area contributed by atoms with Crippen molar-refractivity contribution in [3.05, 3.63) is 48.5 Å². The van der Waals surface area contributed by atoms with Crippen molar-refractivity contribution < 1.29 is 14.7 Å². The third-order valence-electron chi connectivity index (χ3n) is 6.64. The standard InChI is InChI=1S/C24H28N6O3/c1-15-11-17(26-24(32)33)14-29(13-15)21-7-9-25-12-20(21)28-23(31)19-6-5-16-8-10-30(22(16)27-19)18-3-2-4-18/h5-10,12,15,17-18,26H,2-4,11,13-14H2,1H3,(H,28,31)(H,32,33)/t15-,17+/m1/s1. The summed E-state index contributed by atoms with van der Waals surface area (Å²) in [4.78, 5) is 35.2. The molecule has 172 valence electrons. The van der Waals surface area contributed by atoms with Crippen molar-refractivity contribution in [2.24, 2.45) is 5.92 Å². The average Bonchev–Trinajstić information content (AvgIpc) is 3.15. The minimum Gasteiger partial charge on any atom is -0.465 e. The number of piperidine rings is 1. The fourth-order valence-corrected chi connectivity index (χ4v) is 4.89. The molecule has 0 bridgehead atoms. The van der Waals surface area contributed by atoms with Crippen molar-refractivity contribution in [2.45, 2.75) is 44.7 Å². The van der Waals surface area contributed by atoms with Crippen LogP contribution in [0.1, 0.15) is 49.1 Å². The normalized spacial score (nSPS) is 20.9. The fraction of sp³-hybridized carbons (Fsp3) is 0.417. The van der Waals surface area contributed by atoms with Crippen molar-refractivity contribution in [1.82, 2.24) is 19.9 Å². The molecule has 1 saturated carbocycles. The average molecular weight is 449 g/mol. The summed E-state index contributed by atoms with van der Waals surface area (Å²) in [6.07, 6.45) is 8.64. The summed E-state index contributed by atoms with van der Waals surface area (Å²) in [5.74, 6) is 0.00783. The van der Waals surface area contributed by atoms with Crippen molar-refractivity contribution in [3.63, 3.8) is 0 Å². The van der Waals surface area contributed by atoms with Crippen LogP contribution in [0.15, 0.2) is 42.9 Å². The van der Waals surface area contributed by atoms with Crippen LogP contribution in [-0.4, -0.2) is 50.8 Å². The number of pyridine rings is 2. The first-order valence-electron chi connectivity index (χ1n) is 11.5. The number of hydrogen-bond acceptors (Lipinski definition) is 5. The third-order valence-corrected chi connectivity index (χ3v) is 6.64. The van der Waals surface area contributed by atoms with Gasteiger partial charge in [-0.15, -0.1) is 0 Å². The zero-order valence-corrected chi connectivity index (χ0v) is 18.6. The fourth-order valence-electron chi connectivity index (χ4n) is 4.89. The molecule has 1 aliphatic carbocycles. The number of amides is 2. The lowest BCUT2D eigenvalue weighted by molar-refractivity contribution is 0.102. The van der Waals surface area contributed by atoms with Crippen LogP contribution in [0.25, 0.3) is 11.0 Å². The van der Waals surface area contributed by atoms with Crippen LogP contribution in [0, 0.1) is 5.92 Å². The molecule has 2 amide bonds. The van der Waals surface area contributed by atoms with E-state index in [4.69, 9.17) is 5.11 Å². The van der Waals surface area contributed by atoms with Gasteiger partial charge in [0.15, 0.2) is 0 Å². The van der Waals surface area contributed by atoms with E-state index in [1.165, 1.54) is 6.42 Å². The van der Waals surface area contributed by atoms with Gasteiger partial charge in [-0.25, -0.2) is 9.78 Å². The first kappa shape index (κ1) is 21.2. The number of carbonyl (C=O) groups is 2. The van der Waals surface area contributed by atoms with E-state index in [0.717, 1.165) is 42.5 Å². The number of rotatable bonds is 5. The second-order valence-corrected chi connectivity index (χ2v) is 9.16. The van der Waals surface area contributed by atoms with E-state index in [0.29, 0.717) is 29.9 Å². The van der Waals surface area contributed by atoms with E-state index < -0.39 is 6.09 Å². The SMILES string of the molecule is C[C@@H]1C[C@H](NC(=O)O)CN(c2ccncc2NC(=O)c2ccc3ccn(C4CCC4)c3n2)C1. The maximum absolute atomic E-state index is 13.1.